The number of halogens is 1. The van der Waals surface area contributed by atoms with Crippen LogP contribution in [0.3, 0.4) is 0 Å². The molecule has 0 N–H and O–H groups in total. The van der Waals surface area contributed by atoms with Gasteiger partial charge in [0, 0.05) is 37.6 Å². The minimum absolute atomic E-state index is 0.194. The molecule has 1 aliphatic heterocycles. The van der Waals surface area contributed by atoms with Crippen LogP contribution in [-0.4, -0.2) is 54.7 Å². The zero-order chi connectivity index (χ0) is 23.2. The van der Waals surface area contributed by atoms with Crippen molar-refractivity contribution < 1.29 is 17.6 Å². The van der Waals surface area contributed by atoms with E-state index < -0.39 is 10.0 Å². The van der Waals surface area contributed by atoms with Gasteiger partial charge < -0.3 is 4.90 Å². The number of piperazine rings is 1. The summed E-state index contributed by atoms with van der Waals surface area (Å²) in [5, 5.41) is 0.687. The zero-order valence-electron chi connectivity index (χ0n) is 18.6. The van der Waals surface area contributed by atoms with Gasteiger partial charge in [-0.05, 0) is 57.0 Å². The van der Waals surface area contributed by atoms with Crippen LogP contribution in [0.2, 0.25) is 0 Å². The molecule has 2 aromatic carbocycles. The average Bonchev–Trinajstić information content (AvgIpc) is 2.72. The lowest BCUT2D eigenvalue weighted by Crippen LogP contribution is -2.50. The lowest BCUT2D eigenvalue weighted by Gasteiger charge is -2.34. The largest absolute Gasteiger partial charge is 0.336 e. The molecule has 1 amide bonds. The van der Waals surface area contributed by atoms with Gasteiger partial charge in [0.2, 0.25) is 10.0 Å². The Balaban J connectivity index is 1.54. The van der Waals surface area contributed by atoms with Crippen molar-refractivity contribution in [2.24, 2.45) is 0 Å². The van der Waals surface area contributed by atoms with Gasteiger partial charge >= 0.3 is 0 Å². The summed E-state index contributed by atoms with van der Waals surface area (Å²) >= 11 is 0. The van der Waals surface area contributed by atoms with E-state index >= 15 is 0 Å². The second-order valence-corrected chi connectivity index (χ2v) is 10.3. The monoisotopic (exact) mass is 455 g/mol. The number of amides is 1. The molecule has 0 atom stereocenters. The Labute approximate surface area is 187 Å². The van der Waals surface area contributed by atoms with Crippen LogP contribution in [0.5, 0.6) is 0 Å². The highest BCUT2D eigenvalue weighted by Crippen LogP contribution is 2.27. The fourth-order valence-electron chi connectivity index (χ4n) is 4.46. The lowest BCUT2D eigenvalue weighted by atomic mass is 10.1. The van der Waals surface area contributed by atoms with Gasteiger partial charge in [-0.1, -0.05) is 17.7 Å². The third-order valence-corrected chi connectivity index (χ3v) is 8.13. The fourth-order valence-corrected chi connectivity index (χ4v) is 6.29. The molecule has 32 heavy (non-hydrogen) atoms. The summed E-state index contributed by atoms with van der Waals surface area (Å²) < 4.78 is 41.5. The normalized spacial score (nSPS) is 15.3. The third-order valence-electron chi connectivity index (χ3n) is 5.93. The molecule has 2 heterocycles. The van der Waals surface area contributed by atoms with Crippen LogP contribution in [-0.2, 0) is 10.0 Å². The van der Waals surface area contributed by atoms with E-state index in [0.717, 1.165) is 16.7 Å². The van der Waals surface area contributed by atoms with Crippen LogP contribution in [0.25, 0.3) is 10.9 Å². The van der Waals surface area contributed by atoms with Gasteiger partial charge in [-0.15, -0.1) is 0 Å². The summed E-state index contributed by atoms with van der Waals surface area (Å²) in [6.45, 7) is 8.34. The number of hydrogen-bond donors (Lipinski definition) is 0. The molecule has 0 unspecified atom stereocenters. The Hall–Kier alpha value is -2.84. The van der Waals surface area contributed by atoms with E-state index in [-0.39, 0.29) is 24.8 Å². The van der Waals surface area contributed by atoms with Crippen LogP contribution in [0.15, 0.2) is 41.3 Å². The number of aryl methyl sites for hydroxylation is 4. The molecule has 1 aliphatic rings. The number of carbonyl (C=O) groups excluding carboxylic acids is 1. The molecule has 0 radical (unpaired) electrons. The highest BCUT2D eigenvalue weighted by Gasteiger charge is 2.32. The van der Waals surface area contributed by atoms with E-state index in [2.05, 4.69) is 4.98 Å². The van der Waals surface area contributed by atoms with Crippen molar-refractivity contribution in [3.05, 3.63) is 70.2 Å². The third kappa shape index (κ3) is 4.00. The second kappa shape index (κ2) is 8.26. The molecule has 1 fully saturated rings. The number of carbonyl (C=O) groups is 1. The number of rotatable bonds is 3. The highest BCUT2D eigenvalue weighted by molar-refractivity contribution is 7.89. The van der Waals surface area contributed by atoms with E-state index in [1.54, 1.807) is 24.0 Å². The van der Waals surface area contributed by atoms with Crippen LogP contribution in [0.1, 0.15) is 32.7 Å². The zero-order valence-corrected chi connectivity index (χ0v) is 19.5. The SMILES string of the molecule is Cc1cc(C)c(S(=O)(=O)N2CCN(C(=O)c3cc4ccc(F)cc4nc3C)CC2)c(C)c1. The van der Waals surface area contributed by atoms with Gasteiger partial charge in [0.1, 0.15) is 5.82 Å². The molecule has 0 saturated carbocycles. The molecule has 3 aromatic rings. The van der Waals surface area contributed by atoms with E-state index in [1.807, 2.05) is 32.9 Å². The molecule has 6 nitrogen and oxygen atoms in total. The number of fused-ring (bicyclic) bond motifs is 1. The molecule has 0 aliphatic carbocycles. The topological polar surface area (TPSA) is 70.6 Å². The molecular formula is C24H26FN3O3S. The molecule has 1 saturated heterocycles. The molecular weight excluding hydrogens is 429 g/mol. The predicted molar refractivity (Wildman–Crippen MR) is 122 cm³/mol. The molecule has 168 valence electrons. The number of nitrogens with zero attached hydrogens (tertiary/aromatic N) is 3. The summed E-state index contributed by atoms with van der Waals surface area (Å²) in [5.74, 6) is -0.569. The summed E-state index contributed by atoms with van der Waals surface area (Å²) in [4.78, 5) is 19.5. The quantitative estimate of drug-likeness (QED) is 0.603. The maximum Gasteiger partial charge on any atom is 0.255 e. The first-order valence-corrected chi connectivity index (χ1v) is 12.0. The fraction of sp³-hybridized carbons (Fsp3) is 0.333. The standard InChI is InChI=1S/C24H26FN3O3S/c1-15-11-16(2)23(17(3)12-15)32(30,31)28-9-7-27(8-10-28)24(29)21-13-19-5-6-20(25)14-22(19)26-18(21)4/h5-6,11-14H,7-10H2,1-4H3. The summed E-state index contributed by atoms with van der Waals surface area (Å²) in [6.07, 6.45) is 0. The molecule has 0 bridgehead atoms. The van der Waals surface area contributed by atoms with Gasteiger partial charge in [0.05, 0.1) is 21.7 Å². The van der Waals surface area contributed by atoms with Gasteiger partial charge in [-0.2, -0.15) is 4.31 Å². The Morgan fingerprint density at radius 3 is 2.19 bits per heavy atom. The lowest BCUT2D eigenvalue weighted by molar-refractivity contribution is 0.0697. The Kier molecular flexibility index (Phi) is 5.77. The van der Waals surface area contributed by atoms with Crippen LogP contribution in [0, 0.1) is 33.5 Å². The van der Waals surface area contributed by atoms with Crippen LogP contribution < -0.4 is 0 Å². The van der Waals surface area contributed by atoms with Crippen molar-refractivity contribution in [2.45, 2.75) is 32.6 Å². The van der Waals surface area contributed by atoms with Gasteiger partial charge in [0.15, 0.2) is 0 Å². The molecule has 0 spiro atoms. The number of aromatic nitrogens is 1. The maximum atomic E-state index is 13.5. The highest BCUT2D eigenvalue weighted by atomic mass is 32.2. The van der Waals surface area contributed by atoms with E-state index in [9.17, 15) is 17.6 Å². The number of hydrogen-bond acceptors (Lipinski definition) is 4. The van der Waals surface area contributed by atoms with Gasteiger partial charge in [-0.3, -0.25) is 9.78 Å². The maximum absolute atomic E-state index is 13.5. The Morgan fingerprint density at radius 1 is 0.938 bits per heavy atom. The number of sulfonamides is 1. The van der Waals surface area contributed by atoms with Crippen molar-refractivity contribution >= 4 is 26.8 Å². The van der Waals surface area contributed by atoms with Crippen molar-refractivity contribution in [1.82, 2.24) is 14.2 Å². The van der Waals surface area contributed by atoms with E-state index in [4.69, 9.17) is 0 Å². The molecule has 8 heteroatoms. The first kappa shape index (κ1) is 22.4. The van der Waals surface area contributed by atoms with Crippen molar-refractivity contribution in [1.29, 1.82) is 0 Å². The number of benzene rings is 2. The van der Waals surface area contributed by atoms with Crippen molar-refractivity contribution in [3.8, 4) is 0 Å². The minimum Gasteiger partial charge on any atom is -0.336 e. The van der Waals surface area contributed by atoms with E-state index in [1.165, 1.54) is 16.4 Å². The Bertz CT molecular complexity index is 1310. The minimum atomic E-state index is -3.65. The first-order valence-electron chi connectivity index (χ1n) is 10.5. The summed E-state index contributed by atoms with van der Waals surface area (Å²) in [5.41, 5.74) is 3.96. The smallest absolute Gasteiger partial charge is 0.255 e. The van der Waals surface area contributed by atoms with Gasteiger partial charge in [-0.25, -0.2) is 12.8 Å². The van der Waals surface area contributed by atoms with Crippen molar-refractivity contribution in [2.75, 3.05) is 26.2 Å². The van der Waals surface area contributed by atoms with Crippen molar-refractivity contribution in [3.63, 3.8) is 0 Å². The number of pyridine rings is 1. The first-order chi connectivity index (χ1) is 15.1. The molecule has 1 aromatic heterocycles. The summed E-state index contributed by atoms with van der Waals surface area (Å²) in [6, 6.07) is 9.76. The summed E-state index contributed by atoms with van der Waals surface area (Å²) in [7, 11) is -3.65. The second-order valence-electron chi connectivity index (χ2n) is 8.38. The average molecular weight is 456 g/mol. The van der Waals surface area contributed by atoms with Gasteiger partial charge in [0.25, 0.3) is 5.91 Å². The van der Waals surface area contributed by atoms with Crippen LogP contribution in [0.4, 0.5) is 4.39 Å². The molecule has 4 rings (SSSR count). The van der Waals surface area contributed by atoms with E-state index in [0.29, 0.717) is 40.1 Å². The Morgan fingerprint density at radius 2 is 1.56 bits per heavy atom. The van der Waals surface area contributed by atoms with Crippen LogP contribution >= 0.6 is 0 Å². The predicted octanol–water partition coefficient (Wildman–Crippen LogP) is 3.75.